The second-order valence-electron chi connectivity index (χ2n) is 4.43. The summed E-state index contributed by atoms with van der Waals surface area (Å²) in [5.74, 6) is -0.568. The van der Waals surface area contributed by atoms with Crippen LogP contribution in [-0.4, -0.2) is 16.0 Å². The highest BCUT2D eigenvalue weighted by atomic mass is 19.4. The number of hydrogen-bond acceptors (Lipinski definition) is 2. The maximum Gasteiger partial charge on any atom is 0.407 e. The van der Waals surface area contributed by atoms with E-state index < -0.39 is 18.0 Å². The highest BCUT2D eigenvalue weighted by Crippen LogP contribution is 2.32. The van der Waals surface area contributed by atoms with Gasteiger partial charge in [-0.05, 0) is 17.7 Å². The Balaban J connectivity index is 2.14. The van der Waals surface area contributed by atoms with Gasteiger partial charge in [-0.3, -0.25) is 10.00 Å². The minimum Gasteiger partial charge on any atom is -0.298 e. The standard InChI is InChI=1S/C13H13F4N3/c1-20-8-9(7-19-20)6-18-12(13(15,16)17)10-2-4-11(14)5-3-10/h2-5,7-8,12,18H,6H2,1H3/t12-/m0/s1. The summed E-state index contributed by atoms with van der Waals surface area (Å²) in [5, 5.41) is 6.31. The third-order valence-electron chi connectivity index (χ3n) is 2.80. The van der Waals surface area contributed by atoms with E-state index in [1.807, 2.05) is 0 Å². The summed E-state index contributed by atoms with van der Waals surface area (Å²) in [5.41, 5.74) is 0.617. The van der Waals surface area contributed by atoms with Gasteiger partial charge in [0.25, 0.3) is 0 Å². The van der Waals surface area contributed by atoms with Gasteiger partial charge in [-0.15, -0.1) is 0 Å². The molecular weight excluding hydrogens is 274 g/mol. The van der Waals surface area contributed by atoms with Crippen LogP contribution in [0.5, 0.6) is 0 Å². The normalized spacial score (nSPS) is 13.4. The molecule has 20 heavy (non-hydrogen) atoms. The van der Waals surface area contributed by atoms with Crippen LogP contribution in [0.2, 0.25) is 0 Å². The summed E-state index contributed by atoms with van der Waals surface area (Å²) >= 11 is 0. The number of aryl methyl sites for hydroxylation is 1. The number of aromatic nitrogens is 2. The van der Waals surface area contributed by atoms with Crippen LogP contribution in [0, 0.1) is 5.82 Å². The van der Waals surface area contributed by atoms with Crippen molar-refractivity contribution in [1.29, 1.82) is 0 Å². The number of halogens is 4. The van der Waals surface area contributed by atoms with Crippen LogP contribution in [0.4, 0.5) is 17.6 Å². The lowest BCUT2D eigenvalue weighted by Gasteiger charge is -2.21. The number of benzene rings is 1. The number of nitrogens with one attached hydrogen (secondary N) is 1. The summed E-state index contributed by atoms with van der Waals surface area (Å²) in [6, 6.07) is 2.44. The van der Waals surface area contributed by atoms with Crippen LogP contribution in [0.25, 0.3) is 0 Å². The van der Waals surface area contributed by atoms with Crippen molar-refractivity contribution in [2.45, 2.75) is 18.8 Å². The Hall–Kier alpha value is -1.89. The zero-order chi connectivity index (χ0) is 14.8. The second kappa shape index (κ2) is 5.62. The molecule has 7 heteroatoms. The molecule has 1 atom stereocenters. The third kappa shape index (κ3) is 3.57. The van der Waals surface area contributed by atoms with E-state index >= 15 is 0 Å². The largest absolute Gasteiger partial charge is 0.407 e. The van der Waals surface area contributed by atoms with Crippen molar-refractivity contribution in [3.05, 3.63) is 53.6 Å². The van der Waals surface area contributed by atoms with Gasteiger partial charge < -0.3 is 0 Å². The lowest BCUT2D eigenvalue weighted by Crippen LogP contribution is -2.33. The van der Waals surface area contributed by atoms with Crippen LogP contribution in [-0.2, 0) is 13.6 Å². The summed E-state index contributed by atoms with van der Waals surface area (Å²) in [7, 11) is 1.69. The van der Waals surface area contributed by atoms with Crippen molar-refractivity contribution in [3.8, 4) is 0 Å². The molecule has 0 bridgehead atoms. The zero-order valence-corrected chi connectivity index (χ0v) is 10.7. The molecular formula is C13H13F4N3. The number of alkyl halides is 3. The fraction of sp³-hybridized carbons (Fsp3) is 0.308. The molecule has 0 aliphatic carbocycles. The first-order chi connectivity index (χ1) is 9.36. The first-order valence-electron chi connectivity index (χ1n) is 5.89. The Morgan fingerprint density at radius 2 is 1.90 bits per heavy atom. The topological polar surface area (TPSA) is 29.9 Å². The van der Waals surface area contributed by atoms with Gasteiger partial charge in [-0.2, -0.15) is 18.3 Å². The van der Waals surface area contributed by atoms with Crippen LogP contribution < -0.4 is 5.32 Å². The monoisotopic (exact) mass is 287 g/mol. The van der Waals surface area contributed by atoms with Gasteiger partial charge in [0.05, 0.1) is 6.20 Å². The Bertz CT molecular complexity index is 560. The molecule has 0 saturated carbocycles. The molecule has 0 saturated heterocycles. The molecule has 0 fully saturated rings. The molecule has 1 aromatic carbocycles. The first kappa shape index (κ1) is 14.5. The Labute approximate surface area is 113 Å². The van der Waals surface area contributed by atoms with E-state index in [0.29, 0.717) is 5.56 Å². The van der Waals surface area contributed by atoms with Crippen molar-refractivity contribution in [1.82, 2.24) is 15.1 Å². The van der Waals surface area contributed by atoms with Crippen molar-refractivity contribution < 1.29 is 17.6 Å². The van der Waals surface area contributed by atoms with E-state index in [1.54, 1.807) is 13.2 Å². The number of rotatable bonds is 4. The van der Waals surface area contributed by atoms with E-state index in [1.165, 1.54) is 10.9 Å². The SMILES string of the molecule is Cn1cc(CN[C@@H](c2ccc(F)cc2)C(F)(F)F)cn1. The maximum absolute atomic E-state index is 13.0. The van der Waals surface area contributed by atoms with Gasteiger partial charge in [0.15, 0.2) is 0 Å². The predicted octanol–water partition coefficient (Wildman–Crippen LogP) is 2.95. The molecule has 0 aliphatic rings. The highest BCUT2D eigenvalue weighted by molar-refractivity contribution is 5.21. The minimum atomic E-state index is -4.46. The van der Waals surface area contributed by atoms with E-state index in [-0.39, 0.29) is 12.1 Å². The van der Waals surface area contributed by atoms with E-state index in [2.05, 4.69) is 10.4 Å². The Kier molecular flexibility index (Phi) is 4.08. The van der Waals surface area contributed by atoms with Crippen molar-refractivity contribution in [2.75, 3.05) is 0 Å². The molecule has 1 aromatic heterocycles. The van der Waals surface area contributed by atoms with E-state index in [4.69, 9.17) is 0 Å². The molecule has 1 heterocycles. The predicted molar refractivity (Wildman–Crippen MR) is 65.2 cm³/mol. The molecule has 0 aliphatic heterocycles. The van der Waals surface area contributed by atoms with E-state index in [9.17, 15) is 17.6 Å². The van der Waals surface area contributed by atoms with Gasteiger partial charge in [0.1, 0.15) is 11.9 Å². The third-order valence-corrected chi connectivity index (χ3v) is 2.80. The Morgan fingerprint density at radius 3 is 2.40 bits per heavy atom. The number of hydrogen-bond donors (Lipinski definition) is 1. The molecule has 3 nitrogen and oxygen atoms in total. The van der Waals surface area contributed by atoms with Crippen LogP contribution >= 0.6 is 0 Å². The summed E-state index contributed by atoms with van der Waals surface area (Å²) in [6.45, 7) is 0.0232. The van der Waals surface area contributed by atoms with Gasteiger partial charge in [-0.25, -0.2) is 4.39 Å². The summed E-state index contributed by atoms with van der Waals surface area (Å²) < 4.78 is 53.4. The van der Waals surface area contributed by atoms with Gasteiger partial charge >= 0.3 is 6.18 Å². The van der Waals surface area contributed by atoms with Crippen LogP contribution in [0.15, 0.2) is 36.7 Å². The summed E-state index contributed by atoms with van der Waals surface area (Å²) in [4.78, 5) is 0. The Morgan fingerprint density at radius 1 is 1.25 bits per heavy atom. The first-order valence-corrected chi connectivity index (χ1v) is 5.89. The fourth-order valence-corrected chi connectivity index (χ4v) is 1.86. The summed E-state index contributed by atoms with van der Waals surface area (Å²) in [6.07, 6.45) is -1.34. The minimum absolute atomic E-state index is 0.0232. The van der Waals surface area contributed by atoms with Gasteiger partial charge in [-0.1, -0.05) is 12.1 Å². The molecule has 2 rings (SSSR count). The van der Waals surface area contributed by atoms with Gasteiger partial charge in [0.2, 0.25) is 0 Å². The zero-order valence-electron chi connectivity index (χ0n) is 10.7. The molecule has 108 valence electrons. The lowest BCUT2D eigenvalue weighted by molar-refractivity contribution is -0.158. The highest BCUT2D eigenvalue weighted by Gasteiger charge is 2.40. The fourth-order valence-electron chi connectivity index (χ4n) is 1.86. The molecule has 0 unspecified atom stereocenters. The average molecular weight is 287 g/mol. The van der Waals surface area contributed by atoms with Crippen molar-refractivity contribution in [3.63, 3.8) is 0 Å². The number of nitrogens with zero attached hydrogens (tertiary/aromatic N) is 2. The van der Waals surface area contributed by atoms with E-state index in [0.717, 1.165) is 24.3 Å². The lowest BCUT2D eigenvalue weighted by atomic mass is 10.1. The average Bonchev–Trinajstić information content (AvgIpc) is 2.76. The quantitative estimate of drug-likeness (QED) is 0.876. The van der Waals surface area contributed by atoms with Crippen LogP contribution in [0.3, 0.4) is 0 Å². The second-order valence-corrected chi connectivity index (χ2v) is 4.43. The van der Waals surface area contributed by atoms with Crippen LogP contribution in [0.1, 0.15) is 17.2 Å². The maximum atomic E-state index is 13.0. The van der Waals surface area contributed by atoms with Gasteiger partial charge in [0, 0.05) is 25.4 Å². The van der Waals surface area contributed by atoms with Crippen molar-refractivity contribution >= 4 is 0 Å². The molecule has 1 N–H and O–H groups in total. The molecule has 2 aromatic rings. The molecule has 0 spiro atoms. The molecule has 0 amide bonds. The van der Waals surface area contributed by atoms with Crippen molar-refractivity contribution in [2.24, 2.45) is 7.05 Å². The smallest absolute Gasteiger partial charge is 0.298 e. The molecule has 0 radical (unpaired) electrons.